The van der Waals surface area contributed by atoms with Gasteiger partial charge in [-0.15, -0.1) is 0 Å². The summed E-state index contributed by atoms with van der Waals surface area (Å²) >= 11 is 0. The molecule has 116 valence electrons. The van der Waals surface area contributed by atoms with Gasteiger partial charge >= 0.3 is 0 Å². The molecule has 1 aliphatic rings. The zero-order valence-corrected chi connectivity index (χ0v) is 12.2. The number of quaternary nitrogens is 1. The summed E-state index contributed by atoms with van der Waals surface area (Å²) in [4.78, 5) is 33.2. The van der Waals surface area contributed by atoms with Gasteiger partial charge in [0.05, 0.1) is 6.08 Å². The van der Waals surface area contributed by atoms with Gasteiger partial charge in [0.15, 0.2) is 6.67 Å². The first-order valence-corrected chi connectivity index (χ1v) is 6.84. The summed E-state index contributed by atoms with van der Waals surface area (Å²) in [6.45, 7) is 2.47. The van der Waals surface area contributed by atoms with Crippen molar-refractivity contribution in [1.82, 2.24) is 10.7 Å². The maximum Gasteiger partial charge on any atom is 0.262 e. The number of rotatable bonds is 6. The molecule has 1 aliphatic heterocycles. The third kappa shape index (κ3) is 4.16. The lowest BCUT2D eigenvalue weighted by Gasteiger charge is -2.35. The molecule has 2 rings (SSSR count). The second-order valence-corrected chi connectivity index (χ2v) is 4.98. The average Bonchev–Trinajstić information content (AvgIpc) is 2.50. The standard InChI is InChI=1S/C15H17N3O4/c1-12(20)17-18(7-6-15(21)16-11-18)8-9-22-14-4-2-13(10-19)3-5-14/h2-7,10H,8-9,11H2,1H3,(H-,16,17,20,21)/p+1. The number of benzene rings is 1. The molecule has 2 amide bonds. The highest BCUT2D eigenvalue weighted by molar-refractivity contribution is 5.87. The third-order valence-electron chi connectivity index (χ3n) is 3.20. The molecule has 0 saturated heterocycles. The number of ether oxygens (including phenoxy) is 1. The molecular formula is C15H18N3O4+. The summed E-state index contributed by atoms with van der Waals surface area (Å²) in [6, 6.07) is 6.75. The smallest absolute Gasteiger partial charge is 0.262 e. The number of amides is 2. The Morgan fingerprint density at radius 1 is 1.41 bits per heavy atom. The molecule has 0 aromatic heterocycles. The molecule has 0 radical (unpaired) electrons. The van der Waals surface area contributed by atoms with Crippen LogP contribution in [0.4, 0.5) is 0 Å². The van der Waals surface area contributed by atoms with Crippen molar-refractivity contribution in [1.29, 1.82) is 0 Å². The number of aldehydes is 1. The predicted molar refractivity (Wildman–Crippen MR) is 78.4 cm³/mol. The van der Waals surface area contributed by atoms with Gasteiger partial charge in [-0.1, -0.05) is 0 Å². The minimum absolute atomic E-state index is 0.0908. The first-order chi connectivity index (χ1) is 10.5. The van der Waals surface area contributed by atoms with Crippen molar-refractivity contribution in [2.24, 2.45) is 0 Å². The lowest BCUT2D eigenvalue weighted by Crippen LogP contribution is -2.63. The van der Waals surface area contributed by atoms with E-state index < -0.39 is 0 Å². The molecule has 1 aromatic carbocycles. The van der Waals surface area contributed by atoms with Crippen LogP contribution in [0.1, 0.15) is 17.3 Å². The Balaban J connectivity index is 1.96. The van der Waals surface area contributed by atoms with Gasteiger partial charge in [-0.05, 0) is 24.3 Å². The Morgan fingerprint density at radius 3 is 2.68 bits per heavy atom. The Labute approximate surface area is 128 Å². The molecule has 1 aromatic rings. The second-order valence-electron chi connectivity index (χ2n) is 4.98. The van der Waals surface area contributed by atoms with Gasteiger partial charge in [-0.2, -0.15) is 10.0 Å². The third-order valence-corrected chi connectivity index (χ3v) is 3.20. The van der Waals surface area contributed by atoms with E-state index in [1.807, 2.05) is 0 Å². The average molecular weight is 304 g/mol. The summed E-state index contributed by atoms with van der Waals surface area (Å²) in [5.74, 6) is 0.247. The van der Waals surface area contributed by atoms with Crippen LogP contribution in [0.15, 0.2) is 36.5 Å². The van der Waals surface area contributed by atoms with Gasteiger partial charge in [0.1, 0.15) is 31.4 Å². The molecule has 7 nitrogen and oxygen atoms in total. The van der Waals surface area contributed by atoms with E-state index in [1.165, 1.54) is 13.0 Å². The Kier molecular flexibility index (Phi) is 4.90. The van der Waals surface area contributed by atoms with Crippen molar-refractivity contribution < 1.29 is 23.7 Å². The minimum atomic E-state index is -0.198. The normalized spacial score (nSPS) is 20.1. The monoisotopic (exact) mass is 304 g/mol. The molecule has 0 bridgehead atoms. The van der Waals surface area contributed by atoms with Crippen LogP contribution in [0.3, 0.4) is 0 Å². The Morgan fingerprint density at radius 2 is 2.14 bits per heavy atom. The van der Waals surface area contributed by atoms with E-state index >= 15 is 0 Å². The molecule has 1 heterocycles. The van der Waals surface area contributed by atoms with Crippen molar-refractivity contribution in [3.8, 4) is 5.75 Å². The summed E-state index contributed by atoms with van der Waals surface area (Å²) in [5, 5.41) is 2.68. The van der Waals surface area contributed by atoms with E-state index in [0.29, 0.717) is 24.5 Å². The van der Waals surface area contributed by atoms with Crippen LogP contribution in [0.2, 0.25) is 0 Å². The molecule has 0 fully saturated rings. The molecule has 1 atom stereocenters. The summed E-state index contributed by atoms with van der Waals surface area (Å²) in [7, 11) is 0. The fourth-order valence-electron chi connectivity index (χ4n) is 2.11. The van der Waals surface area contributed by atoms with Gasteiger partial charge < -0.3 is 10.1 Å². The van der Waals surface area contributed by atoms with Crippen LogP contribution in [-0.4, -0.2) is 42.5 Å². The minimum Gasteiger partial charge on any atom is -0.488 e. The fraction of sp³-hybridized carbons (Fsp3) is 0.267. The van der Waals surface area contributed by atoms with Crippen molar-refractivity contribution in [3.63, 3.8) is 0 Å². The predicted octanol–water partition coefficient (Wildman–Crippen LogP) is 0.347. The largest absolute Gasteiger partial charge is 0.488 e. The number of carbonyl (C=O) groups excluding carboxylic acids is 3. The van der Waals surface area contributed by atoms with E-state index in [1.54, 1.807) is 30.5 Å². The van der Waals surface area contributed by atoms with E-state index in [2.05, 4.69) is 10.7 Å². The van der Waals surface area contributed by atoms with Crippen LogP contribution in [0, 0.1) is 0 Å². The topological polar surface area (TPSA) is 84.5 Å². The number of hydrogen-bond acceptors (Lipinski definition) is 4. The highest BCUT2D eigenvalue weighted by atomic mass is 16.5. The van der Waals surface area contributed by atoms with Crippen LogP contribution >= 0.6 is 0 Å². The quantitative estimate of drug-likeness (QED) is 0.586. The molecule has 22 heavy (non-hydrogen) atoms. The van der Waals surface area contributed by atoms with Crippen molar-refractivity contribution in [2.75, 3.05) is 19.8 Å². The molecule has 0 aliphatic carbocycles. The number of nitrogens with zero attached hydrogens (tertiary/aromatic N) is 1. The number of hydrogen-bond donors (Lipinski definition) is 2. The number of nitrogens with one attached hydrogen (secondary N) is 2. The zero-order chi connectivity index (χ0) is 16.0. The van der Waals surface area contributed by atoms with Crippen LogP contribution in [0.5, 0.6) is 5.75 Å². The Bertz CT molecular complexity index is 597. The van der Waals surface area contributed by atoms with E-state index in [0.717, 1.165) is 6.29 Å². The zero-order valence-electron chi connectivity index (χ0n) is 12.2. The van der Waals surface area contributed by atoms with E-state index in [4.69, 9.17) is 4.74 Å². The molecule has 2 N–H and O–H groups in total. The SMILES string of the molecule is CC(=O)N[N+]1(CCOc2ccc(C=O)cc2)C=CC(=O)NC1. The molecular weight excluding hydrogens is 286 g/mol. The molecule has 0 spiro atoms. The maximum atomic E-state index is 11.4. The summed E-state index contributed by atoms with van der Waals surface area (Å²) in [6.07, 6.45) is 3.79. The van der Waals surface area contributed by atoms with Gasteiger partial charge in [0, 0.05) is 12.5 Å². The van der Waals surface area contributed by atoms with Crippen molar-refractivity contribution in [3.05, 3.63) is 42.1 Å². The van der Waals surface area contributed by atoms with Crippen LogP contribution in [0.25, 0.3) is 0 Å². The highest BCUT2D eigenvalue weighted by Gasteiger charge is 2.30. The first kappa shape index (κ1) is 15.7. The van der Waals surface area contributed by atoms with E-state index in [-0.39, 0.29) is 23.1 Å². The van der Waals surface area contributed by atoms with Crippen molar-refractivity contribution >= 4 is 18.1 Å². The summed E-state index contributed by atoms with van der Waals surface area (Å²) < 4.78 is 5.70. The lowest BCUT2D eigenvalue weighted by molar-refractivity contribution is -0.917. The fourth-order valence-corrected chi connectivity index (χ4v) is 2.11. The van der Waals surface area contributed by atoms with Gasteiger partial charge in [-0.25, -0.2) is 0 Å². The molecule has 0 saturated carbocycles. The van der Waals surface area contributed by atoms with Crippen LogP contribution < -0.4 is 15.5 Å². The maximum absolute atomic E-state index is 11.4. The second kappa shape index (κ2) is 6.86. The first-order valence-electron chi connectivity index (χ1n) is 6.84. The highest BCUT2D eigenvalue weighted by Crippen LogP contribution is 2.12. The lowest BCUT2D eigenvalue weighted by atomic mass is 10.2. The van der Waals surface area contributed by atoms with Gasteiger partial charge in [0.25, 0.3) is 11.8 Å². The van der Waals surface area contributed by atoms with Gasteiger partial charge in [-0.3, -0.25) is 14.4 Å². The van der Waals surface area contributed by atoms with Gasteiger partial charge in [0.2, 0.25) is 0 Å². The summed E-state index contributed by atoms with van der Waals surface area (Å²) in [5.41, 5.74) is 3.37. The Hall–Kier alpha value is -2.67. The molecule has 1 unspecified atom stereocenters. The van der Waals surface area contributed by atoms with Crippen molar-refractivity contribution in [2.45, 2.75) is 6.92 Å². The molecule has 7 heteroatoms. The van der Waals surface area contributed by atoms with E-state index in [9.17, 15) is 14.4 Å². The van der Waals surface area contributed by atoms with Crippen LogP contribution in [-0.2, 0) is 9.59 Å². The number of carbonyl (C=O) groups is 3.